The molecule has 1 aromatic rings. The molecule has 0 aromatic carbocycles. The van der Waals surface area contributed by atoms with Gasteiger partial charge in [0.05, 0.1) is 19.7 Å². The third-order valence-corrected chi connectivity index (χ3v) is 6.78. The van der Waals surface area contributed by atoms with E-state index in [1.807, 2.05) is 0 Å². The predicted molar refractivity (Wildman–Crippen MR) is 149 cm³/mol. The standard InChI is InChI=1S/C29H46N4O6/c1-6-37-25(34)23(32-26(35)38-29(5)19-33(20-29)27(36)39-28(2,3)4)15-11-9-7-8-10-14-22-17-16-21-13-12-18-30-24(21)31-22/h16-17,23H,6-15,18-20H2,1-5H3,(H,30,31)(H,32,35)/t23-/m0/s1. The van der Waals surface area contributed by atoms with Crippen LogP contribution in [0.2, 0.25) is 0 Å². The molecule has 1 aromatic heterocycles. The van der Waals surface area contributed by atoms with Crippen LogP contribution in [0.25, 0.3) is 0 Å². The molecule has 1 atom stereocenters. The fraction of sp³-hybridized carbons (Fsp3) is 0.724. The number of alkyl carbamates (subject to hydrolysis) is 1. The molecule has 0 unspecified atom stereocenters. The topological polar surface area (TPSA) is 119 Å². The number of carbonyl (C=O) groups excluding carboxylic acids is 3. The van der Waals surface area contributed by atoms with Crippen LogP contribution in [0.15, 0.2) is 12.1 Å². The summed E-state index contributed by atoms with van der Waals surface area (Å²) in [5.74, 6) is 0.581. The van der Waals surface area contributed by atoms with Crippen molar-refractivity contribution in [3.63, 3.8) is 0 Å². The van der Waals surface area contributed by atoms with E-state index in [9.17, 15) is 14.4 Å². The molecular weight excluding hydrogens is 500 g/mol. The van der Waals surface area contributed by atoms with Crippen LogP contribution in [0.4, 0.5) is 15.4 Å². The van der Waals surface area contributed by atoms with Crippen molar-refractivity contribution in [1.82, 2.24) is 15.2 Å². The molecule has 39 heavy (non-hydrogen) atoms. The van der Waals surface area contributed by atoms with Gasteiger partial charge >= 0.3 is 18.2 Å². The number of pyridine rings is 1. The van der Waals surface area contributed by atoms with Gasteiger partial charge in [-0.2, -0.15) is 0 Å². The second-order valence-electron chi connectivity index (χ2n) is 11.8. The molecule has 1 saturated heterocycles. The highest BCUT2D eigenvalue weighted by Crippen LogP contribution is 2.27. The molecule has 1 fully saturated rings. The van der Waals surface area contributed by atoms with Crippen molar-refractivity contribution < 1.29 is 28.6 Å². The number of aryl methyl sites for hydroxylation is 2. The smallest absolute Gasteiger partial charge is 0.410 e. The maximum atomic E-state index is 12.6. The van der Waals surface area contributed by atoms with Crippen LogP contribution in [0, 0.1) is 0 Å². The van der Waals surface area contributed by atoms with Gasteiger partial charge in [-0.3, -0.25) is 0 Å². The molecule has 3 heterocycles. The summed E-state index contributed by atoms with van der Waals surface area (Å²) in [4.78, 5) is 43.5. The van der Waals surface area contributed by atoms with Crippen LogP contribution in [0.3, 0.4) is 0 Å². The molecule has 10 heteroatoms. The van der Waals surface area contributed by atoms with E-state index in [2.05, 4.69) is 22.8 Å². The number of nitrogens with zero attached hydrogens (tertiary/aromatic N) is 2. The Bertz CT molecular complexity index is 986. The first-order valence-corrected chi connectivity index (χ1v) is 14.3. The molecule has 2 amide bonds. The maximum absolute atomic E-state index is 12.6. The monoisotopic (exact) mass is 546 g/mol. The van der Waals surface area contributed by atoms with Crippen molar-refractivity contribution in [3.8, 4) is 0 Å². The number of likely N-dealkylation sites (tertiary alicyclic amines) is 1. The highest BCUT2D eigenvalue weighted by molar-refractivity contribution is 5.81. The Morgan fingerprint density at radius 1 is 1.13 bits per heavy atom. The third-order valence-electron chi connectivity index (χ3n) is 6.78. The van der Waals surface area contributed by atoms with Gasteiger partial charge in [0.25, 0.3) is 0 Å². The molecule has 0 bridgehead atoms. The second kappa shape index (κ2) is 13.8. The van der Waals surface area contributed by atoms with Crippen molar-refractivity contribution in [3.05, 3.63) is 23.4 Å². The summed E-state index contributed by atoms with van der Waals surface area (Å²) in [6.07, 6.45) is 7.50. The molecule has 2 N–H and O–H groups in total. The highest BCUT2D eigenvalue weighted by Gasteiger charge is 2.46. The summed E-state index contributed by atoms with van der Waals surface area (Å²) < 4.78 is 16.1. The largest absolute Gasteiger partial charge is 0.464 e. The summed E-state index contributed by atoms with van der Waals surface area (Å²) in [5, 5.41) is 6.06. The van der Waals surface area contributed by atoms with E-state index < -0.39 is 35.4 Å². The molecule has 3 rings (SSSR count). The Morgan fingerprint density at radius 3 is 2.56 bits per heavy atom. The van der Waals surface area contributed by atoms with E-state index in [0.29, 0.717) is 6.42 Å². The van der Waals surface area contributed by atoms with E-state index in [0.717, 1.165) is 69.4 Å². The van der Waals surface area contributed by atoms with Gasteiger partial charge in [-0.15, -0.1) is 0 Å². The van der Waals surface area contributed by atoms with E-state index >= 15 is 0 Å². The number of esters is 1. The molecule has 0 saturated carbocycles. The number of carbonyl (C=O) groups is 3. The first kappa shape index (κ1) is 30.5. The van der Waals surface area contributed by atoms with Gasteiger partial charge in [-0.1, -0.05) is 31.7 Å². The van der Waals surface area contributed by atoms with Crippen LogP contribution in [0.5, 0.6) is 0 Å². The van der Waals surface area contributed by atoms with Crippen LogP contribution in [0.1, 0.15) is 90.8 Å². The minimum absolute atomic E-state index is 0.233. The number of nitrogens with one attached hydrogen (secondary N) is 2. The van der Waals surface area contributed by atoms with Gasteiger partial charge in [0.2, 0.25) is 0 Å². The number of ether oxygens (including phenoxy) is 3. The Morgan fingerprint density at radius 2 is 1.85 bits per heavy atom. The molecule has 218 valence electrons. The van der Waals surface area contributed by atoms with Crippen molar-refractivity contribution in [1.29, 1.82) is 0 Å². The Labute approximate surface area is 232 Å². The van der Waals surface area contributed by atoms with E-state index in [-0.39, 0.29) is 19.7 Å². The number of anilines is 1. The molecule has 10 nitrogen and oxygen atoms in total. The van der Waals surface area contributed by atoms with Crippen molar-refractivity contribution >= 4 is 24.0 Å². The Kier molecular flexibility index (Phi) is 10.8. The summed E-state index contributed by atoms with van der Waals surface area (Å²) in [6, 6.07) is 3.56. The summed E-state index contributed by atoms with van der Waals surface area (Å²) in [5.41, 5.74) is 1.01. The maximum Gasteiger partial charge on any atom is 0.410 e. The first-order chi connectivity index (χ1) is 18.5. The van der Waals surface area contributed by atoms with E-state index in [1.54, 1.807) is 34.6 Å². The van der Waals surface area contributed by atoms with Gasteiger partial charge in [0, 0.05) is 12.2 Å². The summed E-state index contributed by atoms with van der Waals surface area (Å²) >= 11 is 0. The normalized spacial score (nSPS) is 16.7. The average Bonchev–Trinajstić information content (AvgIpc) is 2.84. The van der Waals surface area contributed by atoms with Crippen LogP contribution in [-0.2, 0) is 31.8 Å². The van der Waals surface area contributed by atoms with E-state index in [1.165, 1.54) is 10.5 Å². The zero-order valence-corrected chi connectivity index (χ0v) is 24.3. The quantitative estimate of drug-likeness (QED) is 0.214. The number of hydrogen-bond acceptors (Lipinski definition) is 8. The number of aromatic nitrogens is 1. The van der Waals surface area contributed by atoms with Crippen LogP contribution >= 0.6 is 0 Å². The zero-order valence-electron chi connectivity index (χ0n) is 24.3. The number of amides is 2. The van der Waals surface area contributed by atoms with Crippen molar-refractivity contribution in [2.24, 2.45) is 0 Å². The Hall–Kier alpha value is -3.04. The average molecular weight is 547 g/mol. The molecular formula is C29H46N4O6. The lowest BCUT2D eigenvalue weighted by Gasteiger charge is -2.46. The lowest BCUT2D eigenvalue weighted by molar-refractivity contribution is -0.146. The summed E-state index contributed by atoms with van der Waals surface area (Å²) in [6.45, 7) is 10.6. The fourth-order valence-electron chi connectivity index (χ4n) is 4.86. The summed E-state index contributed by atoms with van der Waals surface area (Å²) in [7, 11) is 0. The first-order valence-electron chi connectivity index (χ1n) is 14.3. The number of rotatable bonds is 12. The lowest BCUT2D eigenvalue weighted by atomic mass is 9.97. The van der Waals surface area contributed by atoms with Crippen LogP contribution < -0.4 is 10.6 Å². The second-order valence-corrected chi connectivity index (χ2v) is 11.8. The number of fused-ring (bicyclic) bond motifs is 1. The fourth-order valence-corrected chi connectivity index (χ4v) is 4.86. The highest BCUT2D eigenvalue weighted by atomic mass is 16.6. The van der Waals surface area contributed by atoms with Crippen molar-refractivity contribution in [2.45, 2.75) is 110 Å². The Balaban J connectivity index is 1.35. The van der Waals surface area contributed by atoms with Gasteiger partial charge in [-0.05, 0) is 78.4 Å². The zero-order chi connectivity index (χ0) is 28.5. The number of hydrogen-bond donors (Lipinski definition) is 2. The number of unbranched alkanes of at least 4 members (excludes halogenated alkanes) is 4. The SMILES string of the molecule is CCOC(=O)[C@H](CCCCCCCc1ccc2c(n1)NCCC2)NC(=O)OC1(C)CN(C(=O)OC(C)(C)C)C1. The van der Waals surface area contributed by atoms with Gasteiger partial charge in [0.15, 0.2) is 0 Å². The molecule has 0 aliphatic carbocycles. The molecule has 2 aliphatic rings. The lowest BCUT2D eigenvalue weighted by Crippen LogP contribution is -2.65. The van der Waals surface area contributed by atoms with Gasteiger partial charge in [0.1, 0.15) is 23.1 Å². The van der Waals surface area contributed by atoms with Crippen LogP contribution in [-0.4, -0.2) is 71.5 Å². The minimum atomic E-state index is -0.830. The van der Waals surface area contributed by atoms with Gasteiger partial charge < -0.3 is 29.7 Å². The molecule has 0 radical (unpaired) electrons. The van der Waals surface area contributed by atoms with Gasteiger partial charge in [-0.25, -0.2) is 19.4 Å². The third kappa shape index (κ3) is 9.89. The predicted octanol–water partition coefficient (Wildman–Crippen LogP) is 4.99. The van der Waals surface area contributed by atoms with E-state index in [4.69, 9.17) is 19.2 Å². The molecule has 0 spiro atoms. The minimum Gasteiger partial charge on any atom is -0.464 e. The molecule has 2 aliphatic heterocycles. The van der Waals surface area contributed by atoms with Crippen molar-refractivity contribution in [2.75, 3.05) is 31.6 Å².